The number of hydrogen-bond donors (Lipinski definition) is 3. The highest BCUT2D eigenvalue weighted by Gasteiger charge is 2.10. The molecule has 1 unspecified atom stereocenters. The summed E-state index contributed by atoms with van der Waals surface area (Å²) in [6.07, 6.45) is 3.54. The second-order valence-corrected chi connectivity index (χ2v) is 4.22. The molecule has 3 N–H and O–H groups in total. The van der Waals surface area contributed by atoms with Crippen molar-refractivity contribution in [1.82, 2.24) is 9.97 Å². The molecule has 0 aliphatic rings. The molecule has 5 heteroatoms. The number of hydrogen-bond acceptors (Lipinski definition) is 5. The van der Waals surface area contributed by atoms with Gasteiger partial charge in [-0.2, -0.15) is 0 Å². The van der Waals surface area contributed by atoms with Crippen molar-refractivity contribution in [3.05, 3.63) is 11.9 Å². The summed E-state index contributed by atoms with van der Waals surface area (Å²) in [5.74, 6) is 1.96. The molecule has 1 heterocycles. The molecule has 17 heavy (non-hydrogen) atoms. The molecule has 5 nitrogen and oxygen atoms in total. The Morgan fingerprint density at radius 3 is 2.65 bits per heavy atom. The van der Waals surface area contributed by atoms with Gasteiger partial charge in [0, 0.05) is 25.8 Å². The Bertz CT molecular complexity index is 343. The van der Waals surface area contributed by atoms with Crippen molar-refractivity contribution < 1.29 is 5.11 Å². The maximum Gasteiger partial charge on any atom is 0.134 e. The van der Waals surface area contributed by atoms with E-state index in [2.05, 4.69) is 27.5 Å². The molecule has 0 bridgehead atoms. The molecule has 0 aromatic carbocycles. The first-order valence-electron chi connectivity index (χ1n) is 6.09. The zero-order valence-corrected chi connectivity index (χ0v) is 10.8. The summed E-state index contributed by atoms with van der Waals surface area (Å²) in [4.78, 5) is 8.48. The van der Waals surface area contributed by atoms with Gasteiger partial charge in [-0.1, -0.05) is 20.3 Å². The lowest BCUT2D eigenvalue weighted by atomic mass is 10.1. The van der Waals surface area contributed by atoms with Gasteiger partial charge in [0.2, 0.25) is 0 Å². The van der Waals surface area contributed by atoms with Crippen LogP contribution in [-0.2, 0) is 6.42 Å². The normalized spacial score (nSPS) is 12.2. The van der Waals surface area contributed by atoms with Crippen LogP contribution in [0, 0.1) is 5.92 Å². The number of aliphatic hydroxyl groups is 1. The summed E-state index contributed by atoms with van der Waals surface area (Å²) in [6, 6.07) is 0. The van der Waals surface area contributed by atoms with E-state index in [0.717, 1.165) is 30.0 Å². The Balaban J connectivity index is 2.82. The minimum atomic E-state index is 0.181. The Labute approximate surface area is 103 Å². The van der Waals surface area contributed by atoms with Crippen LogP contribution in [0.2, 0.25) is 0 Å². The van der Waals surface area contributed by atoms with E-state index in [4.69, 9.17) is 5.11 Å². The summed E-state index contributed by atoms with van der Waals surface area (Å²) in [6.45, 7) is 5.02. The largest absolute Gasteiger partial charge is 0.396 e. The van der Waals surface area contributed by atoms with Gasteiger partial charge >= 0.3 is 0 Å². The fraction of sp³-hybridized carbons (Fsp3) is 0.667. The van der Waals surface area contributed by atoms with Gasteiger partial charge in [-0.15, -0.1) is 0 Å². The third-order valence-corrected chi connectivity index (χ3v) is 2.61. The smallest absolute Gasteiger partial charge is 0.134 e. The fourth-order valence-electron chi connectivity index (χ4n) is 1.60. The maximum atomic E-state index is 9.00. The topological polar surface area (TPSA) is 70.1 Å². The molecule has 0 spiro atoms. The molecule has 1 aromatic rings. The van der Waals surface area contributed by atoms with Crippen LogP contribution < -0.4 is 10.6 Å². The molecule has 0 saturated heterocycles. The third-order valence-electron chi connectivity index (χ3n) is 2.61. The van der Waals surface area contributed by atoms with E-state index < -0.39 is 0 Å². The summed E-state index contributed by atoms with van der Waals surface area (Å²) in [7, 11) is 1.86. The van der Waals surface area contributed by atoms with Crippen molar-refractivity contribution in [2.45, 2.75) is 26.7 Å². The molecule has 0 radical (unpaired) electrons. The Hall–Kier alpha value is -1.36. The van der Waals surface area contributed by atoms with Crippen molar-refractivity contribution in [1.29, 1.82) is 0 Å². The second kappa shape index (κ2) is 7.06. The van der Waals surface area contributed by atoms with Crippen molar-refractivity contribution in [2.24, 2.45) is 5.92 Å². The molecule has 0 aliphatic carbocycles. The van der Waals surface area contributed by atoms with E-state index in [0.29, 0.717) is 6.54 Å². The first-order chi connectivity index (χ1) is 8.22. The van der Waals surface area contributed by atoms with Gasteiger partial charge in [0.05, 0.1) is 0 Å². The van der Waals surface area contributed by atoms with Crippen molar-refractivity contribution in [3.63, 3.8) is 0 Å². The molecule has 1 atom stereocenters. The van der Waals surface area contributed by atoms with Gasteiger partial charge in [0.25, 0.3) is 0 Å². The monoisotopic (exact) mass is 238 g/mol. The summed E-state index contributed by atoms with van der Waals surface area (Å²) >= 11 is 0. The molecule has 1 rings (SSSR count). The van der Waals surface area contributed by atoms with Crippen LogP contribution in [0.1, 0.15) is 25.8 Å². The number of anilines is 2. The van der Waals surface area contributed by atoms with Crippen LogP contribution in [0.3, 0.4) is 0 Å². The van der Waals surface area contributed by atoms with Crippen LogP contribution in [0.25, 0.3) is 0 Å². The highest BCUT2D eigenvalue weighted by atomic mass is 16.3. The number of aliphatic hydroxyl groups excluding tert-OH is 1. The summed E-state index contributed by atoms with van der Waals surface area (Å²) in [5, 5.41) is 15.4. The van der Waals surface area contributed by atoms with Gasteiger partial charge in [-0.05, 0) is 12.3 Å². The van der Waals surface area contributed by atoms with E-state index in [1.807, 2.05) is 14.0 Å². The van der Waals surface area contributed by atoms with Gasteiger partial charge in [-0.25, -0.2) is 9.97 Å². The van der Waals surface area contributed by atoms with Gasteiger partial charge in [-0.3, -0.25) is 0 Å². The van der Waals surface area contributed by atoms with Crippen LogP contribution in [0.4, 0.5) is 11.6 Å². The molecule has 0 saturated carbocycles. The summed E-state index contributed by atoms with van der Waals surface area (Å²) in [5.41, 5.74) is 1.11. The van der Waals surface area contributed by atoms with Crippen LogP contribution in [0.5, 0.6) is 0 Å². The third kappa shape index (κ3) is 3.85. The van der Waals surface area contributed by atoms with Crippen LogP contribution >= 0.6 is 0 Å². The highest BCUT2D eigenvalue weighted by molar-refractivity contribution is 5.57. The van der Waals surface area contributed by atoms with E-state index in [1.165, 1.54) is 0 Å². The Morgan fingerprint density at radius 1 is 1.35 bits per heavy atom. The minimum Gasteiger partial charge on any atom is -0.396 e. The average Bonchev–Trinajstić information content (AvgIpc) is 2.37. The minimum absolute atomic E-state index is 0.181. The van der Waals surface area contributed by atoms with Gasteiger partial charge in [0.15, 0.2) is 0 Å². The molecule has 96 valence electrons. The number of nitrogens with one attached hydrogen (secondary N) is 2. The number of nitrogens with zero attached hydrogens (tertiary/aromatic N) is 2. The Morgan fingerprint density at radius 2 is 2.06 bits per heavy atom. The lowest BCUT2D eigenvalue weighted by Gasteiger charge is -2.15. The first kappa shape index (κ1) is 13.7. The van der Waals surface area contributed by atoms with E-state index in [1.54, 1.807) is 6.33 Å². The van der Waals surface area contributed by atoms with Crippen molar-refractivity contribution >= 4 is 11.6 Å². The second-order valence-electron chi connectivity index (χ2n) is 4.22. The predicted molar refractivity (Wildman–Crippen MR) is 70.3 cm³/mol. The predicted octanol–water partition coefficient (Wildman–Crippen LogP) is 1.51. The van der Waals surface area contributed by atoms with Crippen molar-refractivity contribution in [3.8, 4) is 0 Å². The zero-order valence-electron chi connectivity index (χ0n) is 10.8. The molecular formula is C12H22N4O. The average molecular weight is 238 g/mol. The number of rotatable bonds is 7. The SMILES string of the molecule is CCCc1c(NC)ncnc1NCC(C)CO. The molecule has 0 aliphatic heterocycles. The first-order valence-corrected chi connectivity index (χ1v) is 6.09. The lowest BCUT2D eigenvalue weighted by molar-refractivity contribution is 0.244. The standard InChI is InChI=1S/C12H22N4O/c1-4-5-10-11(13-3)15-8-16-12(10)14-6-9(2)7-17/h8-9,17H,4-7H2,1-3H3,(H2,13,14,15,16). The van der Waals surface area contributed by atoms with Crippen LogP contribution in [0.15, 0.2) is 6.33 Å². The Kier molecular flexibility index (Phi) is 5.69. The fourth-order valence-corrected chi connectivity index (χ4v) is 1.60. The molecular weight excluding hydrogens is 216 g/mol. The maximum absolute atomic E-state index is 9.00. The van der Waals surface area contributed by atoms with Gasteiger partial charge < -0.3 is 15.7 Å². The molecule has 0 fully saturated rings. The summed E-state index contributed by atoms with van der Waals surface area (Å²) < 4.78 is 0. The quantitative estimate of drug-likeness (QED) is 0.671. The van der Waals surface area contributed by atoms with Crippen LogP contribution in [-0.4, -0.2) is 35.3 Å². The highest BCUT2D eigenvalue weighted by Crippen LogP contribution is 2.21. The molecule has 1 aromatic heterocycles. The lowest BCUT2D eigenvalue weighted by Crippen LogP contribution is -2.17. The van der Waals surface area contributed by atoms with Gasteiger partial charge in [0.1, 0.15) is 18.0 Å². The molecule has 0 amide bonds. The van der Waals surface area contributed by atoms with Crippen molar-refractivity contribution in [2.75, 3.05) is 30.8 Å². The van der Waals surface area contributed by atoms with E-state index >= 15 is 0 Å². The number of aromatic nitrogens is 2. The zero-order chi connectivity index (χ0) is 12.7. The van der Waals surface area contributed by atoms with E-state index in [-0.39, 0.29) is 12.5 Å². The van der Waals surface area contributed by atoms with E-state index in [9.17, 15) is 0 Å².